The molecule has 1 fully saturated rings. The van der Waals surface area contributed by atoms with Crippen molar-refractivity contribution >= 4 is 17.3 Å². The zero-order valence-corrected chi connectivity index (χ0v) is 18.3. The first-order valence-corrected chi connectivity index (χ1v) is 10.5. The highest BCUT2D eigenvalue weighted by molar-refractivity contribution is 5.94. The Bertz CT molecular complexity index is 867. The third-order valence-electron chi connectivity index (χ3n) is 4.70. The van der Waals surface area contributed by atoms with Gasteiger partial charge in [-0.05, 0) is 26.0 Å². The van der Waals surface area contributed by atoms with Gasteiger partial charge in [0.25, 0.3) is 5.91 Å². The summed E-state index contributed by atoms with van der Waals surface area (Å²) < 4.78 is 27.9. The number of nitrogens with one attached hydrogen (secondary N) is 1. The lowest BCUT2D eigenvalue weighted by molar-refractivity contribution is -0.118. The van der Waals surface area contributed by atoms with Gasteiger partial charge in [0.15, 0.2) is 6.61 Å². The van der Waals surface area contributed by atoms with Crippen molar-refractivity contribution in [2.24, 2.45) is 0 Å². The molecule has 3 rings (SSSR count). The smallest absolute Gasteiger partial charge is 0.262 e. The molecule has 2 aromatic carbocycles. The second-order valence-electron chi connectivity index (χ2n) is 6.80. The van der Waals surface area contributed by atoms with Crippen molar-refractivity contribution in [3.63, 3.8) is 0 Å². The number of hydrogen-bond donors (Lipinski definition) is 1. The van der Waals surface area contributed by atoms with Crippen LogP contribution in [0, 0.1) is 0 Å². The SMILES string of the molecule is CCOc1cc(N2CCOCC2)c(OCC)cc1NC(=O)COc1cccc(OC)c1. The van der Waals surface area contributed by atoms with Crippen LogP contribution in [0.25, 0.3) is 0 Å². The van der Waals surface area contributed by atoms with Crippen molar-refractivity contribution in [3.05, 3.63) is 36.4 Å². The average Bonchev–Trinajstić information content (AvgIpc) is 2.80. The van der Waals surface area contributed by atoms with Gasteiger partial charge in [-0.2, -0.15) is 0 Å². The standard InChI is InChI=1S/C23H30N2O6/c1-4-29-21-15-20(25-9-11-28-12-10-25)22(30-5-2)14-19(21)24-23(26)16-31-18-8-6-7-17(13-18)27-3/h6-8,13-15H,4-5,9-12,16H2,1-3H3,(H,24,26). The number of hydrogen-bond acceptors (Lipinski definition) is 7. The third-order valence-corrected chi connectivity index (χ3v) is 4.70. The molecule has 1 aliphatic rings. The van der Waals surface area contributed by atoms with E-state index in [1.165, 1.54) is 0 Å². The molecule has 31 heavy (non-hydrogen) atoms. The van der Waals surface area contributed by atoms with E-state index in [2.05, 4.69) is 10.2 Å². The fourth-order valence-corrected chi connectivity index (χ4v) is 3.27. The predicted molar refractivity (Wildman–Crippen MR) is 119 cm³/mol. The van der Waals surface area contributed by atoms with Crippen LogP contribution in [0.2, 0.25) is 0 Å². The summed E-state index contributed by atoms with van der Waals surface area (Å²) in [4.78, 5) is 14.8. The van der Waals surface area contributed by atoms with E-state index >= 15 is 0 Å². The maximum atomic E-state index is 12.6. The molecule has 0 bridgehead atoms. The molecule has 0 saturated carbocycles. The molecular weight excluding hydrogens is 400 g/mol. The molecule has 0 atom stereocenters. The van der Waals surface area contributed by atoms with Gasteiger partial charge in [-0.25, -0.2) is 0 Å². The summed E-state index contributed by atoms with van der Waals surface area (Å²) in [7, 11) is 1.58. The minimum atomic E-state index is -0.301. The summed E-state index contributed by atoms with van der Waals surface area (Å²) in [6, 6.07) is 10.8. The largest absolute Gasteiger partial charge is 0.497 e. The van der Waals surface area contributed by atoms with Crippen LogP contribution in [0.15, 0.2) is 36.4 Å². The van der Waals surface area contributed by atoms with Gasteiger partial charge in [-0.15, -0.1) is 0 Å². The van der Waals surface area contributed by atoms with Crippen LogP contribution in [0.5, 0.6) is 23.0 Å². The Hall–Kier alpha value is -3.13. The Morgan fingerprint density at radius 1 is 1.00 bits per heavy atom. The van der Waals surface area contributed by atoms with Crippen molar-refractivity contribution in [2.75, 3.05) is 63.5 Å². The first-order valence-electron chi connectivity index (χ1n) is 10.5. The molecule has 8 heteroatoms. The fourth-order valence-electron chi connectivity index (χ4n) is 3.27. The zero-order valence-electron chi connectivity index (χ0n) is 18.3. The third kappa shape index (κ3) is 6.18. The number of methoxy groups -OCH3 is 1. The van der Waals surface area contributed by atoms with Crippen LogP contribution < -0.4 is 29.2 Å². The summed E-state index contributed by atoms with van der Waals surface area (Å²) in [5.74, 6) is 2.19. The minimum absolute atomic E-state index is 0.145. The van der Waals surface area contributed by atoms with Crippen LogP contribution in [-0.4, -0.2) is 59.1 Å². The Morgan fingerprint density at radius 3 is 2.42 bits per heavy atom. The van der Waals surface area contributed by atoms with Gasteiger partial charge in [0, 0.05) is 31.3 Å². The van der Waals surface area contributed by atoms with E-state index in [1.807, 2.05) is 32.0 Å². The van der Waals surface area contributed by atoms with Crippen molar-refractivity contribution < 1.29 is 28.5 Å². The highest BCUT2D eigenvalue weighted by atomic mass is 16.5. The Labute approximate surface area is 183 Å². The predicted octanol–water partition coefficient (Wildman–Crippen LogP) is 3.35. The normalized spacial score (nSPS) is 13.5. The number of carbonyl (C=O) groups is 1. The lowest BCUT2D eigenvalue weighted by Gasteiger charge is -2.31. The number of amides is 1. The quantitative estimate of drug-likeness (QED) is 0.619. The maximum absolute atomic E-state index is 12.6. The highest BCUT2D eigenvalue weighted by Gasteiger charge is 2.20. The lowest BCUT2D eigenvalue weighted by Crippen LogP contribution is -2.36. The summed E-state index contributed by atoms with van der Waals surface area (Å²) in [5.41, 5.74) is 1.47. The van der Waals surface area contributed by atoms with Gasteiger partial charge in [0.1, 0.15) is 23.0 Å². The molecule has 8 nitrogen and oxygen atoms in total. The molecule has 0 aromatic heterocycles. The van der Waals surface area contributed by atoms with Gasteiger partial charge in [-0.3, -0.25) is 4.79 Å². The van der Waals surface area contributed by atoms with E-state index in [0.717, 1.165) is 18.8 Å². The molecule has 1 saturated heterocycles. The van der Waals surface area contributed by atoms with E-state index in [0.29, 0.717) is 55.1 Å². The first kappa shape index (κ1) is 22.6. The molecule has 1 aliphatic heterocycles. The molecule has 0 radical (unpaired) electrons. The summed E-state index contributed by atoms with van der Waals surface area (Å²) in [6.07, 6.45) is 0. The number of carbonyl (C=O) groups excluding carboxylic acids is 1. The van der Waals surface area contributed by atoms with Gasteiger partial charge in [0.2, 0.25) is 0 Å². The Kier molecular flexibility index (Phi) is 8.23. The molecule has 0 unspecified atom stereocenters. The van der Waals surface area contributed by atoms with Crippen LogP contribution >= 0.6 is 0 Å². The minimum Gasteiger partial charge on any atom is -0.497 e. The van der Waals surface area contributed by atoms with Gasteiger partial charge < -0.3 is 33.9 Å². The monoisotopic (exact) mass is 430 g/mol. The zero-order chi connectivity index (χ0) is 22.1. The average molecular weight is 431 g/mol. The molecule has 168 valence electrons. The van der Waals surface area contributed by atoms with E-state index in [9.17, 15) is 4.79 Å². The Balaban J connectivity index is 1.76. The number of ether oxygens (including phenoxy) is 5. The van der Waals surface area contributed by atoms with E-state index in [4.69, 9.17) is 23.7 Å². The number of nitrogens with zero attached hydrogens (tertiary/aromatic N) is 1. The van der Waals surface area contributed by atoms with E-state index < -0.39 is 0 Å². The van der Waals surface area contributed by atoms with Crippen LogP contribution in [0.3, 0.4) is 0 Å². The van der Waals surface area contributed by atoms with Crippen LogP contribution in [0.4, 0.5) is 11.4 Å². The maximum Gasteiger partial charge on any atom is 0.262 e. The Morgan fingerprint density at radius 2 is 1.71 bits per heavy atom. The second-order valence-corrected chi connectivity index (χ2v) is 6.80. The number of anilines is 2. The summed E-state index contributed by atoms with van der Waals surface area (Å²) in [5, 5.41) is 2.88. The van der Waals surface area contributed by atoms with Crippen molar-refractivity contribution in [1.29, 1.82) is 0 Å². The number of benzene rings is 2. The molecule has 0 aliphatic carbocycles. The first-order chi connectivity index (χ1) is 15.1. The molecule has 1 amide bonds. The van der Waals surface area contributed by atoms with Crippen LogP contribution in [0.1, 0.15) is 13.8 Å². The second kappa shape index (κ2) is 11.3. The molecular formula is C23H30N2O6. The van der Waals surface area contributed by atoms with Crippen molar-refractivity contribution in [2.45, 2.75) is 13.8 Å². The van der Waals surface area contributed by atoms with Crippen molar-refractivity contribution in [1.82, 2.24) is 0 Å². The van der Waals surface area contributed by atoms with Gasteiger partial charge in [-0.1, -0.05) is 6.07 Å². The van der Waals surface area contributed by atoms with Gasteiger partial charge >= 0.3 is 0 Å². The number of rotatable bonds is 10. The topological polar surface area (TPSA) is 78.5 Å². The van der Waals surface area contributed by atoms with E-state index in [1.54, 1.807) is 25.3 Å². The fraction of sp³-hybridized carbons (Fsp3) is 0.435. The van der Waals surface area contributed by atoms with Crippen LogP contribution in [-0.2, 0) is 9.53 Å². The van der Waals surface area contributed by atoms with E-state index in [-0.39, 0.29) is 12.5 Å². The molecule has 1 heterocycles. The number of morpholine rings is 1. The lowest BCUT2D eigenvalue weighted by atomic mass is 10.2. The van der Waals surface area contributed by atoms with Gasteiger partial charge in [0.05, 0.1) is 44.9 Å². The summed E-state index contributed by atoms with van der Waals surface area (Å²) >= 11 is 0. The molecule has 0 spiro atoms. The van der Waals surface area contributed by atoms with Crippen molar-refractivity contribution in [3.8, 4) is 23.0 Å². The molecule has 2 aromatic rings. The summed E-state index contributed by atoms with van der Waals surface area (Å²) in [6.45, 7) is 7.54. The molecule has 1 N–H and O–H groups in total. The highest BCUT2D eigenvalue weighted by Crippen LogP contribution is 2.39.